The third-order valence-electron chi connectivity index (χ3n) is 3.54. The summed E-state index contributed by atoms with van der Waals surface area (Å²) in [6, 6.07) is 5.91. The Bertz CT molecular complexity index is 634. The minimum atomic E-state index is -1.45. The normalized spacial score (nSPS) is 12.3. The van der Waals surface area contributed by atoms with Gasteiger partial charge in [0.2, 0.25) is 0 Å². The van der Waals surface area contributed by atoms with Crippen LogP contribution in [-0.2, 0) is 0 Å². The summed E-state index contributed by atoms with van der Waals surface area (Å²) in [5.74, 6) is -3.83. The van der Waals surface area contributed by atoms with Gasteiger partial charge in [0, 0.05) is 23.9 Å². The van der Waals surface area contributed by atoms with Gasteiger partial charge in [0.25, 0.3) is 0 Å². The summed E-state index contributed by atoms with van der Waals surface area (Å²) in [6.07, 6.45) is 0. The quantitative estimate of drug-likeness (QED) is 0.767. The molecule has 112 valence electrons. The van der Waals surface area contributed by atoms with E-state index in [1.54, 1.807) is 0 Å². The number of nitrogens with one attached hydrogen (secondary N) is 1. The molecule has 1 atom stereocenters. The second kappa shape index (κ2) is 5.80. The van der Waals surface area contributed by atoms with Crippen molar-refractivity contribution in [2.24, 2.45) is 0 Å². The van der Waals surface area contributed by atoms with Crippen LogP contribution in [-0.4, -0.2) is 0 Å². The molecule has 0 saturated carbocycles. The van der Waals surface area contributed by atoms with Crippen LogP contribution in [0.15, 0.2) is 24.3 Å². The van der Waals surface area contributed by atoms with E-state index in [2.05, 4.69) is 17.4 Å². The summed E-state index contributed by atoms with van der Waals surface area (Å²) < 4.78 is 39.5. The lowest BCUT2D eigenvalue weighted by molar-refractivity contribution is 0.447. The van der Waals surface area contributed by atoms with Crippen LogP contribution in [0.3, 0.4) is 0 Å². The van der Waals surface area contributed by atoms with Crippen LogP contribution in [0.2, 0.25) is 0 Å². The summed E-state index contributed by atoms with van der Waals surface area (Å²) >= 11 is 0. The highest BCUT2D eigenvalue weighted by molar-refractivity contribution is 5.49. The molecule has 0 fully saturated rings. The molecule has 0 amide bonds. The van der Waals surface area contributed by atoms with Gasteiger partial charge < -0.3 is 5.32 Å². The number of anilines is 1. The first-order chi connectivity index (χ1) is 9.79. The van der Waals surface area contributed by atoms with E-state index in [1.807, 2.05) is 27.7 Å². The standard InChI is InChI=1S/C17H18F3N/c1-9-5-10(2)16(11(3)6-9)12(4)21-13-7-14(18)17(20)15(19)8-13/h5-8,12,21H,1-4H3. The van der Waals surface area contributed by atoms with Crippen LogP contribution in [0.4, 0.5) is 18.9 Å². The third-order valence-corrected chi connectivity index (χ3v) is 3.54. The van der Waals surface area contributed by atoms with Crippen molar-refractivity contribution in [1.82, 2.24) is 0 Å². The van der Waals surface area contributed by atoms with Crippen molar-refractivity contribution in [2.45, 2.75) is 33.7 Å². The summed E-state index contributed by atoms with van der Waals surface area (Å²) in [6.45, 7) is 7.93. The molecule has 2 aromatic rings. The van der Waals surface area contributed by atoms with E-state index in [0.717, 1.165) is 28.8 Å². The molecule has 1 nitrogen and oxygen atoms in total. The van der Waals surface area contributed by atoms with Gasteiger partial charge in [0.15, 0.2) is 17.5 Å². The highest BCUT2D eigenvalue weighted by Crippen LogP contribution is 2.27. The van der Waals surface area contributed by atoms with Gasteiger partial charge in [-0.1, -0.05) is 17.7 Å². The van der Waals surface area contributed by atoms with Gasteiger partial charge in [-0.05, 0) is 44.4 Å². The molecular formula is C17H18F3N. The van der Waals surface area contributed by atoms with Crippen molar-refractivity contribution in [3.05, 3.63) is 64.0 Å². The molecule has 2 aromatic carbocycles. The largest absolute Gasteiger partial charge is 0.378 e. The maximum Gasteiger partial charge on any atom is 0.194 e. The smallest absolute Gasteiger partial charge is 0.194 e. The minimum Gasteiger partial charge on any atom is -0.378 e. The maximum absolute atomic E-state index is 13.2. The molecule has 0 aliphatic carbocycles. The van der Waals surface area contributed by atoms with Gasteiger partial charge in [0.1, 0.15) is 0 Å². The summed E-state index contributed by atoms with van der Waals surface area (Å²) in [5, 5.41) is 3.02. The predicted molar refractivity (Wildman–Crippen MR) is 79.0 cm³/mol. The fourth-order valence-electron chi connectivity index (χ4n) is 2.84. The van der Waals surface area contributed by atoms with Crippen LogP contribution in [0.5, 0.6) is 0 Å². The first kappa shape index (κ1) is 15.4. The zero-order valence-electron chi connectivity index (χ0n) is 12.5. The van der Waals surface area contributed by atoms with Crippen LogP contribution >= 0.6 is 0 Å². The summed E-state index contributed by atoms with van der Waals surface area (Å²) in [4.78, 5) is 0. The molecule has 21 heavy (non-hydrogen) atoms. The molecular weight excluding hydrogens is 275 g/mol. The Morgan fingerprint density at radius 1 is 0.857 bits per heavy atom. The first-order valence-electron chi connectivity index (χ1n) is 6.78. The van der Waals surface area contributed by atoms with Gasteiger partial charge in [-0.2, -0.15) is 0 Å². The lowest BCUT2D eigenvalue weighted by Crippen LogP contribution is -2.11. The van der Waals surface area contributed by atoms with E-state index in [0.29, 0.717) is 0 Å². The van der Waals surface area contributed by atoms with Crippen LogP contribution in [0, 0.1) is 38.2 Å². The number of hydrogen-bond acceptors (Lipinski definition) is 1. The van der Waals surface area contributed by atoms with Gasteiger partial charge in [-0.15, -0.1) is 0 Å². The Morgan fingerprint density at radius 2 is 1.33 bits per heavy atom. The van der Waals surface area contributed by atoms with Gasteiger partial charge in [-0.25, -0.2) is 13.2 Å². The number of rotatable bonds is 3. The van der Waals surface area contributed by atoms with Crippen molar-refractivity contribution < 1.29 is 13.2 Å². The third kappa shape index (κ3) is 3.20. The lowest BCUT2D eigenvalue weighted by Gasteiger charge is -2.21. The molecule has 0 bridgehead atoms. The topological polar surface area (TPSA) is 12.0 Å². The highest BCUT2D eigenvalue weighted by atomic mass is 19.2. The van der Waals surface area contributed by atoms with Crippen molar-refractivity contribution in [3.8, 4) is 0 Å². The van der Waals surface area contributed by atoms with E-state index < -0.39 is 17.5 Å². The lowest BCUT2D eigenvalue weighted by atomic mass is 9.95. The Morgan fingerprint density at radius 3 is 1.81 bits per heavy atom. The monoisotopic (exact) mass is 293 g/mol. The molecule has 2 rings (SSSR count). The Kier molecular flexibility index (Phi) is 4.26. The molecule has 0 radical (unpaired) electrons. The van der Waals surface area contributed by atoms with E-state index in [-0.39, 0.29) is 11.7 Å². The SMILES string of the molecule is Cc1cc(C)c(C(C)Nc2cc(F)c(F)c(F)c2)c(C)c1. The molecule has 0 spiro atoms. The van der Waals surface area contributed by atoms with Crippen molar-refractivity contribution in [3.63, 3.8) is 0 Å². The first-order valence-corrected chi connectivity index (χ1v) is 6.78. The van der Waals surface area contributed by atoms with Crippen molar-refractivity contribution >= 4 is 5.69 Å². The van der Waals surface area contributed by atoms with E-state index in [9.17, 15) is 13.2 Å². The van der Waals surface area contributed by atoms with E-state index >= 15 is 0 Å². The zero-order chi connectivity index (χ0) is 15.7. The van der Waals surface area contributed by atoms with E-state index in [1.165, 1.54) is 5.56 Å². The highest BCUT2D eigenvalue weighted by Gasteiger charge is 2.15. The summed E-state index contributed by atoms with van der Waals surface area (Å²) in [7, 11) is 0. The maximum atomic E-state index is 13.2. The van der Waals surface area contributed by atoms with Crippen molar-refractivity contribution in [1.29, 1.82) is 0 Å². The minimum absolute atomic E-state index is 0.144. The molecule has 0 aliphatic rings. The second-order valence-corrected chi connectivity index (χ2v) is 5.43. The van der Waals surface area contributed by atoms with Crippen LogP contribution in [0.25, 0.3) is 0 Å². The number of benzene rings is 2. The average molecular weight is 293 g/mol. The van der Waals surface area contributed by atoms with Crippen LogP contribution < -0.4 is 5.32 Å². The molecule has 4 heteroatoms. The Balaban J connectivity index is 2.32. The Labute approximate surface area is 122 Å². The van der Waals surface area contributed by atoms with Gasteiger partial charge in [-0.3, -0.25) is 0 Å². The Hall–Kier alpha value is -1.97. The molecule has 0 heterocycles. The fraction of sp³-hybridized carbons (Fsp3) is 0.294. The number of halogens is 3. The zero-order valence-corrected chi connectivity index (χ0v) is 12.5. The molecule has 1 N–H and O–H groups in total. The average Bonchev–Trinajstić information content (AvgIpc) is 2.34. The molecule has 0 aromatic heterocycles. The van der Waals surface area contributed by atoms with Crippen LogP contribution in [0.1, 0.15) is 35.2 Å². The van der Waals surface area contributed by atoms with Gasteiger partial charge in [0.05, 0.1) is 0 Å². The summed E-state index contributed by atoms with van der Waals surface area (Å²) in [5.41, 5.74) is 4.68. The molecule has 1 unspecified atom stereocenters. The van der Waals surface area contributed by atoms with E-state index in [4.69, 9.17) is 0 Å². The number of hydrogen-bond donors (Lipinski definition) is 1. The molecule has 0 aliphatic heterocycles. The number of aryl methyl sites for hydroxylation is 3. The predicted octanol–water partition coefficient (Wildman–Crippen LogP) is 5.20. The van der Waals surface area contributed by atoms with Gasteiger partial charge >= 0.3 is 0 Å². The fourth-order valence-corrected chi connectivity index (χ4v) is 2.84. The van der Waals surface area contributed by atoms with Crippen molar-refractivity contribution in [2.75, 3.05) is 5.32 Å². The molecule has 0 saturated heterocycles. The second-order valence-electron chi connectivity index (χ2n) is 5.43.